The number of hydrogen-bond acceptors (Lipinski definition) is 4. The third-order valence-electron chi connectivity index (χ3n) is 9.33. The zero-order chi connectivity index (χ0) is 19.2. The van der Waals surface area contributed by atoms with Crippen LogP contribution in [0.1, 0.15) is 72.6 Å². The number of carbonyl (C=O) groups excluding carboxylic acids is 2. The zero-order valence-electron chi connectivity index (χ0n) is 17.0. The van der Waals surface area contributed by atoms with Crippen LogP contribution in [-0.2, 0) is 19.1 Å². The number of rotatable bonds is 2. The standard InChI is InChI=1S/C23H32O4/c1-13(24)17-5-6-18-16-11-20-23(27-20)12-15(26-14(2)25)7-10-22(23,4)19(16)8-9-21(17,18)3/h5,15-16,18-20H,6-12H2,1-4H3/t15-,16-,18-,19-,20-,21+,22+,23-/m0/s1. The van der Waals surface area contributed by atoms with Crippen molar-refractivity contribution >= 4 is 11.8 Å². The first kappa shape index (κ1) is 17.9. The highest BCUT2D eigenvalue weighted by atomic mass is 16.6. The molecule has 0 N–H and O–H groups in total. The fraction of sp³-hybridized carbons (Fsp3) is 0.826. The maximum Gasteiger partial charge on any atom is 0.302 e. The van der Waals surface area contributed by atoms with Crippen molar-refractivity contribution in [3.05, 3.63) is 11.6 Å². The Morgan fingerprint density at radius 3 is 2.63 bits per heavy atom. The number of hydrogen-bond donors (Lipinski definition) is 0. The summed E-state index contributed by atoms with van der Waals surface area (Å²) in [5, 5.41) is 0. The number of Topliss-reactive ketones (excluding diaryl/α,β-unsaturated/α-hetero) is 1. The number of allylic oxidation sites excluding steroid dienone is 2. The summed E-state index contributed by atoms with van der Waals surface area (Å²) in [5.74, 6) is 1.98. The van der Waals surface area contributed by atoms with Crippen LogP contribution < -0.4 is 0 Å². The molecule has 0 radical (unpaired) electrons. The van der Waals surface area contributed by atoms with Gasteiger partial charge >= 0.3 is 5.97 Å². The Bertz CT molecular complexity index is 741. The molecule has 5 rings (SSSR count). The molecule has 0 unspecified atom stereocenters. The number of ether oxygens (including phenoxy) is 2. The zero-order valence-corrected chi connectivity index (χ0v) is 17.0. The van der Waals surface area contributed by atoms with Gasteiger partial charge in [-0.2, -0.15) is 0 Å². The van der Waals surface area contributed by atoms with Crippen LogP contribution >= 0.6 is 0 Å². The molecule has 1 saturated heterocycles. The fourth-order valence-corrected chi connectivity index (χ4v) is 8.09. The lowest BCUT2D eigenvalue weighted by Gasteiger charge is -2.59. The van der Waals surface area contributed by atoms with Crippen molar-refractivity contribution in [3.63, 3.8) is 0 Å². The van der Waals surface area contributed by atoms with Gasteiger partial charge in [0.25, 0.3) is 0 Å². The first-order chi connectivity index (χ1) is 12.7. The Morgan fingerprint density at radius 2 is 1.93 bits per heavy atom. The van der Waals surface area contributed by atoms with Gasteiger partial charge in [-0.05, 0) is 74.2 Å². The highest BCUT2D eigenvalue weighted by Crippen LogP contribution is 2.73. The summed E-state index contributed by atoms with van der Waals surface area (Å²) in [6.45, 7) is 8.03. The Balaban J connectivity index is 1.43. The van der Waals surface area contributed by atoms with Crippen molar-refractivity contribution in [2.75, 3.05) is 0 Å². The Hall–Kier alpha value is -1.16. The number of ketones is 1. The van der Waals surface area contributed by atoms with Crippen LogP contribution in [0.25, 0.3) is 0 Å². The Kier molecular flexibility index (Phi) is 3.62. The monoisotopic (exact) mass is 372 g/mol. The van der Waals surface area contributed by atoms with E-state index < -0.39 is 0 Å². The normalized spacial score (nSPS) is 52.6. The molecule has 4 aliphatic carbocycles. The maximum absolute atomic E-state index is 12.2. The van der Waals surface area contributed by atoms with E-state index in [0.29, 0.717) is 23.9 Å². The molecule has 0 bridgehead atoms. The van der Waals surface area contributed by atoms with E-state index in [-0.39, 0.29) is 34.3 Å². The summed E-state index contributed by atoms with van der Waals surface area (Å²) < 4.78 is 12.0. The van der Waals surface area contributed by atoms with Crippen LogP contribution in [-0.4, -0.2) is 29.6 Å². The van der Waals surface area contributed by atoms with E-state index in [0.717, 1.165) is 44.1 Å². The first-order valence-electron chi connectivity index (χ1n) is 10.8. The van der Waals surface area contributed by atoms with Crippen molar-refractivity contribution in [1.29, 1.82) is 0 Å². The number of esters is 1. The molecule has 4 heteroatoms. The van der Waals surface area contributed by atoms with Gasteiger partial charge in [-0.3, -0.25) is 9.59 Å². The Labute approximate surface area is 162 Å². The summed E-state index contributed by atoms with van der Waals surface area (Å²) >= 11 is 0. The van der Waals surface area contributed by atoms with Gasteiger partial charge in [-0.1, -0.05) is 19.9 Å². The second kappa shape index (κ2) is 5.46. The predicted molar refractivity (Wildman–Crippen MR) is 101 cm³/mol. The molecule has 1 aliphatic heterocycles. The lowest BCUT2D eigenvalue weighted by atomic mass is 9.44. The molecule has 4 fully saturated rings. The number of carbonyl (C=O) groups is 2. The highest BCUT2D eigenvalue weighted by molar-refractivity contribution is 5.95. The lowest BCUT2D eigenvalue weighted by molar-refractivity contribution is -0.156. The largest absolute Gasteiger partial charge is 0.462 e. The van der Waals surface area contributed by atoms with Gasteiger partial charge in [0.1, 0.15) is 11.7 Å². The minimum absolute atomic E-state index is 0.0171. The molecule has 3 saturated carbocycles. The third kappa shape index (κ3) is 2.19. The Morgan fingerprint density at radius 1 is 1.15 bits per heavy atom. The SMILES string of the molecule is CC(=O)O[C@H]1CC[C@]2(C)[C@H]3CC[C@]4(C)C(C(C)=O)=CC[C@H]4[C@@H]3C[C@@H]3O[C@@]32C1. The second-order valence-electron chi connectivity index (χ2n) is 10.4. The van der Waals surface area contributed by atoms with Gasteiger partial charge in [0, 0.05) is 18.8 Å². The van der Waals surface area contributed by atoms with Gasteiger partial charge in [0.2, 0.25) is 0 Å². The molecule has 1 heterocycles. The minimum Gasteiger partial charge on any atom is -0.462 e. The van der Waals surface area contributed by atoms with Gasteiger partial charge in [0.05, 0.1) is 6.10 Å². The van der Waals surface area contributed by atoms with E-state index in [2.05, 4.69) is 19.9 Å². The van der Waals surface area contributed by atoms with Crippen LogP contribution in [0, 0.1) is 28.6 Å². The van der Waals surface area contributed by atoms with Crippen molar-refractivity contribution < 1.29 is 19.1 Å². The molecule has 0 amide bonds. The smallest absolute Gasteiger partial charge is 0.302 e. The van der Waals surface area contributed by atoms with Gasteiger partial charge in [0.15, 0.2) is 5.78 Å². The molecule has 0 aromatic rings. The number of fused-ring (bicyclic) bond motifs is 4. The van der Waals surface area contributed by atoms with Crippen molar-refractivity contribution in [2.45, 2.75) is 90.4 Å². The summed E-state index contributed by atoms with van der Waals surface area (Å²) in [6, 6.07) is 0. The van der Waals surface area contributed by atoms with Crippen molar-refractivity contribution in [2.24, 2.45) is 28.6 Å². The molecule has 0 aromatic carbocycles. The average Bonchev–Trinajstić information content (AvgIpc) is 3.15. The summed E-state index contributed by atoms with van der Waals surface area (Å²) in [4.78, 5) is 23.7. The van der Waals surface area contributed by atoms with Crippen LogP contribution in [0.15, 0.2) is 11.6 Å². The molecular formula is C23H32O4. The summed E-state index contributed by atoms with van der Waals surface area (Å²) in [5.41, 5.74) is 1.25. The summed E-state index contributed by atoms with van der Waals surface area (Å²) in [6.07, 6.45) is 9.96. The highest BCUT2D eigenvalue weighted by Gasteiger charge is 2.76. The van der Waals surface area contributed by atoms with Crippen molar-refractivity contribution in [3.8, 4) is 0 Å². The number of epoxide rings is 1. The molecule has 1 spiro atoms. The van der Waals surface area contributed by atoms with Crippen LogP contribution in [0.2, 0.25) is 0 Å². The molecule has 8 atom stereocenters. The van der Waals surface area contributed by atoms with E-state index in [1.54, 1.807) is 6.92 Å². The van der Waals surface area contributed by atoms with Crippen LogP contribution in [0.5, 0.6) is 0 Å². The van der Waals surface area contributed by atoms with Crippen LogP contribution in [0.3, 0.4) is 0 Å². The second-order valence-corrected chi connectivity index (χ2v) is 10.4. The van der Waals surface area contributed by atoms with E-state index in [1.165, 1.54) is 13.3 Å². The van der Waals surface area contributed by atoms with E-state index >= 15 is 0 Å². The average molecular weight is 373 g/mol. The van der Waals surface area contributed by atoms with E-state index in [4.69, 9.17) is 9.47 Å². The topological polar surface area (TPSA) is 55.9 Å². The predicted octanol–water partition coefficient (Wildman–Crippen LogP) is 4.22. The van der Waals surface area contributed by atoms with Crippen LogP contribution in [0.4, 0.5) is 0 Å². The third-order valence-corrected chi connectivity index (χ3v) is 9.33. The lowest BCUT2D eigenvalue weighted by Crippen LogP contribution is -2.58. The van der Waals surface area contributed by atoms with E-state index in [1.807, 2.05) is 0 Å². The van der Waals surface area contributed by atoms with Gasteiger partial charge < -0.3 is 9.47 Å². The molecule has 27 heavy (non-hydrogen) atoms. The molecule has 4 nitrogen and oxygen atoms in total. The van der Waals surface area contributed by atoms with Gasteiger partial charge in [-0.25, -0.2) is 0 Å². The minimum atomic E-state index is -0.173. The molecule has 0 aromatic heterocycles. The van der Waals surface area contributed by atoms with Crippen molar-refractivity contribution in [1.82, 2.24) is 0 Å². The maximum atomic E-state index is 12.2. The summed E-state index contributed by atoms with van der Waals surface area (Å²) in [7, 11) is 0. The molecule has 148 valence electrons. The van der Waals surface area contributed by atoms with E-state index in [9.17, 15) is 9.59 Å². The fourth-order valence-electron chi connectivity index (χ4n) is 8.09. The quantitative estimate of drug-likeness (QED) is 0.538. The first-order valence-corrected chi connectivity index (χ1v) is 10.8. The molecular weight excluding hydrogens is 340 g/mol. The van der Waals surface area contributed by atoms with Gasteiger partial charge in [-0.15, -0.1) is 0 Å². The molecule has 5 aliphatic rings.